The number of methoxy groups -OCH3 is 2. The van der Waals surface area contributed by atoms with Crippen molar-refractivity contribution in [1.29, 1.82) is 0 Å². The molecule has 2 heterocycles. The van der Waals surface area contributed by atoms with Crippen LogP contribution in [-0.4, -0.2) is 66.6 Å². The lowest BCUT2D eigenvalue weighted by atomic mass is 10.2. The summed E-state index contributed by atoms with van der Waals surface area (Å²) in [7, 11) is 3.13. The van der Waals surface area contributed by atoms with Crippen molar-refractivity contribution in [2.24, 2.45) is 0 Å². The Morgan fingerprint density at radius 2 is 1.87 bits per heavy atom. The number of amides is 1. The number of aromatic nitrogens is 4. The van der Waals surface area contributed by atoms with E-state index in [4.69, 9.17) is 14.2 Å². The van der Waals surface area contributed by atoms with Crippen molar-refractivity contribution in [2.75, 3.05) is 50.7 Å². The normalized spacial score (nSPS) is 13.7. The maximum atomic E-state index is 12.6. The summed E-state index contributed by atoms with van der Waals surface area (Å²) in [4.78, 5) is 16.1. The number of ether oxygens (including phenoxy) is 3. The number of morpholine rings is 1. The van der Waals surface area contributed by atoms with Crippen LogP contribution in [0, 0.1) is 0 Å². The predicted octanol–water partition coefficient (Wildman–Crippen LogP) is 1.83. The Morgan fingerprint density at radius 3 is 2.65 bits per heavy atom. The number of nitrogens with zero attached hydrogens (tertiary/aromatic N) is 5. The van der Waals surface area contributed by atoms with Gasteiger partial charge in [0.15, 0.2) is 11.5 Å². The summed E-state index contributed by atoms with van der Waals surface area (Å²) < 4.78 is 16.0. The average molecular weight is 424 g/mol. The fourth-order valence-electron chi connectivity index (χ4n) is 3.38. The molecule has 0 aliphatic carbocycles. The smallest absolute Gasteiger partial charge is 0.248 e. The Bertz CT molecular complexity index is 1050. The highest BCUT2D eigenvalue weighted by atomic mass is 16.5. The Hall–Kier alpha value is -3.66. The number of carbonyl (C=O) groups is 1. The maximum absolute atomic E-state index is 12.6. The van der Waals surface area contributed by atoms with Crippen molar-refractivity contribution in [3.8, 4) is 22.9 Å². The van der Waals surface area contributed by atoms with E-state index in [0.717, 1.165) is 24.5 Å². The molecular weight excluding hydrogens is 400 g/mol. The minimum Gasteiger partial charge on any atom is -0.493 e. The number of anilines is 2. The number of carbonyl (C=O) groups excluding carboxylic acids is 1. The largest absolute Gasteiger partial charge is 0.493 e. The molecule has 0 bridgehead atoms. The van der Waals surface area contributed by atoms with E-state index in [2.05, 4.69) is 25.6 Å². The SMILES string of the molecule is COc1ccc(-c2nnn(CC(=O)Nc3ccccc3N3CCOCC3)n2)cc1OC. The second-order valence-electron chi connectivity index (χ2n) is 6.88. The first-order valence-corrected chi connectivity index (χ1v) is 9.89. The van der Waals surface area contributed by atoms with E-state index in [0.29, 0.717) is 36.1 Å². The molecule has 10 nitrogen and oxygen atoms in total. The van der Waals surface area contributed by atoms with E-state index in [9.17, 15) is 4.79 Å². The Balaban J connectivity index is 1.44. The molecule has 2 aromatic carbocycles. The number of benzene rings is 2. The van der Waals surface area contributed by atoms with E-state index in [1.54, 1.807) is 32.4 Å². The average Bonchev–Trinajstić information content (AvgIpc) is 3.27. The zero-order valence-corrected chi connectivity index (χ0v) is 17.4. The molecule has 0 unspecified atom stereocenters. The van der Waals surface area contributed by atoms with Crippen LogP contribution in [0.1, 0.15) is 0 Å². The predicted molar refractivity (Wildman–Crippen MR) is 114 cm³/mol. The van der Waals surface area contributed by atoms with Crippen LogP contribution < -0.4 is 19.7 Å². The van der Waals surface area contributed by atoms with E-state index < -0.39 is 0 Å². The van der Waals surface area contributed by atoms with Gasteiger partial charge in [-0.25, -0.2) is 0 Å². The Morgan fingerprint density at radius 1 is 1.10 bits per heavy atom. The standard InChI is InChI=1S/C21H24N6O4/c1-29-18-8-7-15(13-19(18)30-2)21-23-25-27(24-21)14-20(28)22-16-5-3-4-6-17(16)26-9-11-31-12-10-26/h3-8,13H,9-12,14H2,1-2H3,(H,22,28). The van der Waals surface area contributed by atoms with Crippen molar-refractivity contribution < 1.29 is 19.0 Å². The second kappa shape index (κ2) is 9.43. The first-order valence-electron chi connectivity index (χ1n) is 9.89. The number of rotatable bonds is 7. The van der Waals surface area contributed by atoms with Gasteiger partial charge in [-0.15, -0.1) is 10.2 Å². The fraction of sp³-hybridized carbons (Fsp3) is 0.333. The van der Waals surface area contributed by atoms with Crippen LogP contribution in [0.2, 0.25) is 0 Å². The third kappa shape index (κ3) is 4.75. The highest BCUT2D eigenvalue weighted by Gasteiger charge is 2.17. The molecule has 1 aliphatic rings. The molecule has 0 radical (unpaired) electrons. The van der Waals surface area contributed by atoms with Gasteiger partial charge in [0.1, 0.15) is 6.54 Å². The number of hydrogen-bond donors (Lipinski definition) is 1. The Kier molecular flexibility index (Phi) is 6.27. The van der Waals surface area contributed by atoms with Crippen molar-refractivity contribution >= 4 is 17.3 Å². The molecule has 0 spiro atoms. The summed E-state index contributed by atoms with van der Waals surface area (Å²) in [6, 6.07) is 13.1. The quantitative estimate of drug-likeness (QED) is 0.613. The fourth-order valence-corrected chi connectivity index (χ4v) is 3.38. The Labute approximate surface area is 179 Å². The summed E-state index contributed by atoms with van der Waals surface area (Å²) in [5.74, 6) is 1.32. The first-order chi connectivity index (χ1) is 15.2. The van der Waals surface area contributed by atoms with E-state index in [1.807, 2.05) is 24.3 Å². The third-order valence-electron chi connectivity index (χ3n) is 4.91. The topological polar surface area (TPSA) is 104 Å². The number of hydrogen-bond acceptors (Lipinski definition) is 8. The van der Waals surface area contributed by atoms with Crippen LogP contribution in [0.4, 0.5) is 11.4 Å². The molecule has 10 heteroatoms. The van der Waals surface area contributed by atoms with E-state index >= 15 is 0 Å². The summed E-state index contributed by atoms with van der Waals surface area (Å²) in [6.07, 6.45) is 0. The summed E-state index contributed by atoms with van der Waals surface area (Å²) in [6.45, 7) is 2.85. The van der Waals surface area contributed by atoms with Crippen molar-refractivity contribution in [2.45, 2.75) is 6.54 Å². The summed E-state index contributed by atoms with van der Waals surface area (Å²) in [5.41, 5.74) is 2.42. The highest BCUT2D eigenvalue weighted by Crippen LogP contribution is 2.31. The highest BCUT2D eigenvalue weighted by molar-refractivity contribution is 5.94. The van der Waals surface area contributed by atoms with Gasteiger partial charge in [0.25, 0.3) is 0 Å². The molecule has 1 saturated heterocycles. The molecule has 1 aliphatic heterocycles. The molecule has 1 amide bonds. The molecule has 1 N–H and O–H groups in total. The minimum atomic E-state index is -0.239. The van der Waals surface area contributed by atoms with Gasteiger partial charge < -0.3 is 24.4 Å². The minimum absolute atomic E-state index is 0.0578. The molecule has 31 heavy (non-hydrogen) atoms. The molecule has 162 valence electrons. The number of tetrazole rings is 1. The monoisotopic (exact) mass is 424 g/mol. The van der Waals surface area contributed by atoms with Gasteiger partial charge in [0.05, 0.1) is 38.8 Å². The second-order valence-corrected chi connectivity index (χ2v) is 6.88. The zero-order chi connectivity index (χ0) is 21.6. The van der Waals surface area contributed by atoms with Gasteiger partial charge in [-0.2, -0.15) is 4.80 Å². The van der Waals surface area contributed by atoms with Gasteiger partial charge in [0, 0.05) is 18.7 Å². The number of nitrogens with one attached hydrogen (secondary N) is 1. The molecule has 1 fully saturated rings. The van der Waals surface area contributed by atoms with Crippen LogP contribution in [0.3, 0.4) is 0 Å². The molecule has 4 rings (SSSR count). The van der Waals surface area contributed by atoms with Crippen molar-refractivity contribution in [3.05, 3.63) is 42.5 Å². The van der Waals surface area contributed by atoms with E-state index in [1.165, 1.54) is 4.80 Å². The van der Waals surface area contributed by atoms with Crippen LogP contribution in [-0.2, 0) is 16.1 Å². The van der Waals surface area contributed by atoms with Crippen LogP contribution in [0.25, 0.3) is 11.4 Å². The van der Waals surface area contributed by atoms with Crippen LogP contribution >= 0.6 is 0 Å². The molecule has 3 aromatic rings. The van der Waals surface area contributed by atoms with Crippen LogP contribution in [0.5, 0.6) is 11.5 Å². The van der Waals surface area contributed by atoms with Gasteiger partial charge in [-0.05, 0) is 35.5 Å². The number of para-hydroxylation sites is 2. The van der Waals surface area contributed by atoms with Gasteiger partial charge in [0.2, 0.25) is 11.7 Å². The lowest BCUT2D eigenvalue weighted by Gasteiger charge is -2.30. The zero-order valence-electron chi connectivity index (χ0n) is 17.4. The van der Waals surface area contributed by atoms with Gasteiger partial charge in [-0.1, -0.05) is 12.1 Å². The van der Waals surface area contributed by atoms with Gasteiger partial charge >= 0.3 is 0 Å². The third-order valence-corrected chi connectivity index (χ3v) is 4.91. The first kappa shape index (κ1) is 20.6. The van der Waals surface area contributed by atoms with Crippen LogP contribution in [0.15, 0.2) is 42.5 Å². The molecule has 1 aromatic heterocycles. The summed E-state index contributed by atoms with van der Waals surface area (Å²) >= 11 is 0. The molecular formula is C21H24N6O4. The lowest BCUT2D eigenvalue weighted by Crippen LogP contribution is -2.36. The van der Waals surface area contributed by atoms with Gasteiger partial charge in [-0.3, -0.25) is 4.79 Å². The molecule has 0 saturated carbocycles. The lowest BCUT2D eigenvalue weighted by molar-refractivity contribution is -0.117. The van der Waals surface area contributed by atoms with E-state index in [-0.39, 0.29) is 12.5 Å². The van der Waals surface area contributed by atoms with Crippen molar-refractivity contribution in [1.82, 2.24) is 20.2 Å². The molecule has 0 atom stereocenters. The maximum Gasteiger partial charge on any atom is 0.248 e. The van der Waals surface area contributed by atoms with Crippen molar-refractivity contribution in [3.63, 3.8) is 0 Å². The summed E-state index contributed by atoms with van der Waals surface area (Å²) in [5, 5.41) is 15.3.